The van der Waals surface area contributed by atoms with Crippen LogP contribution in [0.1, 0.15) is 33.1 Å². The number of rotatable bonds is 5. The molecule has 3 atom stereocenters. The van der Waals surface area contributed by atoms with E-state index in [1.807, 2.05) is 0 Å². The minimum atomic E-state index is -1.07. The van der Waals surface area contributed by atoms with Crippen LogP contribution in [0, 0.1) is 23.5 Å². The van der Waals surface area contributed by atoms with Crippen molar-refractivity contribution in [2.45, 2.75) is 44.3 Å². The minimum Gasteiger partial charge on any atom is -0.352 e. The maximum absolute atomic E-state index is 13.3. The fourth-order valence-corrected chi connectivity index (χ4v) is 4.00. The van der Waals surface area contributed by atoms with E-state index >= 15 is 0 Å². The van der Waals surface area contributed by atoms with Gasteiger partial charge in [-0.15, -0.1) is 10.2 Å². The molecule has 28 heavy (non-hydrogen) atoms. The molecule has 2 N–H and O–H groups in total. The Morgan fingerprint density at radius 3 is 2.75 bits per heavy atom. The number of amides is 1. The number of halogens is 2. The van der Waals surface area contributed by atoms with E-state index in [0.717, 1.165) is 36.7 Å². The number of benzene rings is 1. The van der Waals surface area contributed by atoms with Gasteiger partial charge in [-0.3, -0.25) is 14.6 Å². The second kappa shape index (κ2) is 8.81. The van der Waals surface area contributed by atoms with Gasteiger partial charge in [0.25, 0.3) is 5.56 Å². The van der Waals surface area contributed by atoms with Gasteiger partial charge in [-0.05, 0) is 36.5 Å². The van der Waals surface area contributed by atoms with Gasteiger partial charge in [0.2, 0.25) is 5.91 Å². The molecular weight excluding hydrogens is 386 g/mol. The molecule has 1 aromatic carbocycles. The van der Waals surface area contributed by atoms with Gasteiger partial charge in [0.15, 0.2) is 22.5 Å². The van der Waals surface area contributed by atoms with E-state index < -0.39 is 17.2 Å². The summed E-state index contributed by atoms with van der Waals surface area (Å²) in [4.78, 5) is 26.9. The molecule has 6 nitrogen and oxygen atoms in total. The Morgan fingerprint density at radius 1 is 1.25 bits per heavy atom. The van der Waals surface area contributed by atoms with Crippen molar-refractivity contribution >= 4 is 17.7 Å². The summed E-state index contributed by atoms with van der Waals surface area (Å²) in [6.45, 7) is 4.36. The number of nitrogens with zero attached hydrogens (tertiary/aromatic N) is 2. The fraction of sp³-hybridized carbons (Fsp3) is 0.474. The zero-order valence-corrected chi connectivity index (χ0v) is 16.5. The molecule has 0 unspecified atom stereocenters. The predicted molar refractivity (Wildman–Crippen MR) is 103 cm³/mol. The second-order valence-electron chi connectivity index (χ2n) is 7.17. The minimum absolute atomic E-state index is 0.104. The van der Waals surface area contributed by atoms with Crippen LogP contribution >= 0.6 is 11.8 Å². The summed E-state index contributed by atoms with van der Waals surface area (Å²) in [6.07, 6.45) is 3.26. The number of carbonyl (C=O) groups is 1. The van der Waals surface area contributed by atoms with E-state index in [2.05, 4.69) is 34.3 Å². The van der Waals surface area contributed by atoms with Crippen LogP contribution in [0.4, 0.5) is 8.78 Å². The molecule has 1 aliphatic rings. The number of carbonyl (C=O) groups excluding carboxylic acids is 1. The van der Waals surface area contributed by atoms with Gasteiger partial charge in [0.1, 0.15) is 0 Å². The highest BCUT2D eigenvalue weighted by Gasteiger charge is 2.28. The number of H-pyrrole nitrogens is 1. The quantitative estimate of drug-likeness (QED) is 0.742. The molecule has 1 saturated carbocycles. The van der Waals surface area contributed by atoms with Crippen molar-refractivity contribution in [2.75, 3.05) is 5.75 Å². The van der Waals surface area contributed by atoms with E-state index in [1.54, 1.807) is 0 Å². The first-order valence-corrected chi connectivity index (χ1v) is 10.2. The largest absolute Gasteiger partial charge is 0.352 e. The molecule has 1 aliphatic carbocycles. The summed E-state index contributed by atoms with van der Waals surface area (Å²) in [7, 11) is 0. The first-order chi connectivity index (χ1) is 13.3. The van der Waals surface area contributed by atoms with Gasteiger partial charge < -0.3 is 5.32 Å². The van der Waals surface area contributed by atoms with Crippen LogP contribution in [0.5, 0.6) is 0 Å². The average molecular weight is 408 g/mol. The molecule has 0 radical (unpaired) electrons. The smallest absolute Gasteiger partial charge is 0.278 e. The van der Waals surface area contributed by atoms with Crippen molar-refractivity contribution in [3.8, 4) is 11.3 Å². The van der Waals surface area contributed by atoms with Gasteiger partial charge in [-0.25, -0.2) is 8.78 Å². The van der Waals surface area contributed by atoms with Crippen molar-refractivity contribution in [3.63, 3.8) is 0 Å². The third-order valence-electron chi connectivity index (χ3n) is 5.26. The third-order valence-corrected chi connectivity index (χ3v) is 6.13. The summed E-state index contributed by atoms with van der Waals surface area (Å²) >= 11 is 1.07. The number of aromatic amines is 1. The van der Waals surface area contributed by atoms with E-state index in [-0.39, 0.29) is 34.1 Å². The van der Waals surface area contributed by atoms with E-state index in [1.165, 1.54) is 12.5 Å². The van der Waals surface area contributed by atoms with E-state index in [0.29, 0.717) is 11.8 Å². The first kappa shape index (κ1) is 20.4. The van der Waals surface area contributed by atoms with Gasteiger partial charge >= 0.3 is 0 Å². The van der Waals surface area contributed by atoms with E-state index in [9.17, 15) is 18.4 Å². The van der Waals surface area contributed by atoms with Crippen LogP contribution in [0.15, 0.2) is 28.2 Å². The molecule has 0 saturated heterocycles. The number of nitrogens with one attached hydrogen (secondary N) is 2. The van der Waals surface area contributed by atoms with Crippen LogP contribution in [0.25, 0.3) is 11.3 Å². The number of thioether (sulfide) groups is 1. The molecule has 3 rings (SSSR count). The summed E-state index contributed by atoms with van der Waals surface area (Å²) in [5.41, 5.74) is -0.571. The summed E-state index contributed by atoms with van der Waals surface area (Å²) in [6, 6.07) is 3.23. The highest BCUT2D eigenvalue weighted by molar-refractivity contribution is 7.99. The SMILES string of the molecule is C[C@H]1[C@H](C)CCC[C@H]1NC(=O)CSc1nnc(-c2ccc(F)c(F)c2)c(=O)[nH]1. The van der Waals surface area contributed by atoms with Crippen LogP contribution in [-0.4, -0.2) is 32.9 Å². The molecular formula is C19H22F2N4O2S. The van der Waals surface area contributed by atoms with Crippen LogP contribution in [0.2, 0.25) is 0 Å². The predicted octanol–water partition coefficient (Wildman–Crippen LogP) is 3.14. The van der Waals surface area contributed by atoms with Gasteiger partial charge in [-0.2, -0.15) is 0 Å². The Kier molecular flexibility index (Phi) is 6.43. The third kappa shape index (κ3) is 4.76. The monoisotopic (exact) mass is 408 g/mol. The van der Waals surface area contributed by atoms with Crippen LogP contribution in [-0.2, 0) is 4.79 Å². The Bertz CT molecular complexity index is 921. The molecule has 1 fully saturated rings. The molecule has 0 bridgehead atoms. The molecule has 0 spiro atoms. The van der Waals surface area contributed by atoms with Crippen LogP contribution < -0.4 is 10.9 Å². The van der Waals surface area contributed by atoms with Gasteiger partial charge in [-0.1, -0.05) is 38.5 Å². The Hall–Kier alpha value is -2.29. The lowest BCUT2D eigenvalue weighted by Crippen LogP contribution is -2.44. The Balaban J connectivity index is 1.61. The molecule has 2 aromatic rings. The van der Waals surface area contributed by atoms with Crippen molar-refractivity contribution in [2.24, 2.45) is 11.8 Å². The number of hydrogen-bond donors (Lipinski definition) is 2. The maximum Gasteiger partial charge on any atom is 0.278 e. The summed E-state index contributed by atoms with van der Waals surface area (Å²) in [5, 5.41) is 10.9. The highest BCUT2D eigenvalue weighted by Crippen LogP contribution is 2.29. The number of hydrogen-bond acceptors (Lipinski definition) is 5. The lowest BCUT2D eigenvalue weighted by molar-refractivity contribution is -0.120. The first-order valence-electron chi connectivity index (χ1n) is 9.19. The molecule has 1 amide bonds. The molecule has 150 valence electrons. The normalized spacial score (nSPS) is 22.1. The van der Waals surface area contributed by atoms with Gasteiger partial charge in [0, 0.05) is 11.6 Å². The molecule has 9 heteroatoms. The zero-order chi connectivity index (χ0) is 20.3. The molecule has 0 aliphatic heterocycles. The lowest BCUT2D eigenvalue weighted by atomic mass is 9.78. The molecule has 1 aromatic heterocycles. The van der Waals surface area contributed by atoms with Crippen molar-refractivity contribution < 1.29 is 13.6 Å². The maximum atomic E-state index is 13.3. The number of aromatic nitrogens is 3. The highest BCUT2D eigenvalue weighted by atomic mass is 32.2. The topological polar surface area (TPSA) is 87.7 Å². The van der Waals surface area contributed by atoms with Crippen LogP contribution in [0.3, 0.4) is 0 Å². The van der Waals surface area contributed by atoms with Crippen molar-refractivity contribution in [3.05, 3.63) is 40.2 Å². The standard InChI is InChI=1S/C19H22F2N4O2S/c1-10-4-3-5-15(11(10)2)22-16(26)9-28-19-23-18(27)17(24-25-19)12-6-7-13(20)14(21)8-12/h6-8,10-11,15H,3-5,9H2,1-2H3,(H,22,26)(H,23,25,27)/t10-,11+,15-/m1/s1. The average Bonchev–Trinajstić information content (AvgIpc) is 2.66. The fourth-order valence-electron chi connectivity index (χ4n) is 3.39. The molecule has 1 heterocycles. The van der Waals surface area contributed by atoms with E-state index in [4.69, 9.17) is 0 Å². The Labute approximate surface area is 165 Å². The second-order valence-corrected chi connectivity index (χ2v) is 8.13. The summed E-state index contributed by atoms with van der Waals surface area (Å²) in [5.74, 6) is -1.08. The van der Waals surface area contributed by atoms with Crippen molar-refractivity contribution in [1.29, 1.82) is 0 Å². The lowest BCUT2D eigenvalue weighted by Gasteiger charge is -2.34. The summed E-state index contributed by atoms with van der Waals surface area (Å²) < 4.78 is 26.4. The van der Waals surface area contributed by atoms with Gasteiger partial charge in [0.05, 0.1) is 5.75 Å². The Morgan fingerprint density at radius 2 is 2.04 bits per heavy atom. The van der Waals surface area contributed by atoms with Crippen molar-refractivity contribution in [1.82, 2.24) is 20.5 Å². The zero-order valence-electron chi connectivity index (χ0n) is 15.7.